The summed E-state index contributed by atoms with van der Waals surface area (Å²) in [5.41, 5.74) is 0.201. The van der Waals surface area contributed by atoms with Crippen molar-refractivity contribution in [3.05, 3.63) is 28.0 Å². The fourth-order valence-corrected chi connectivity index (χ4v) is 2.26. The van der Waals surface area contributed by atoms with Crippen molar-refractivity contribution in [1.29, 1.82) is 0 Å². The van der Waals surface area contributed by atoms with Gasteiger partial charge >= 0.3 is 0 Å². The Balaban J connectivity index is 2.72. The van der Waals surface area contributed by atoms with Crippen LogP contribution in [0.1, 0.15) is 56.4 Å². The highest BCUT2D eigenvalue weighted by atomic mass is 35.5. The minimum Gasteiger partial charge on any atom is -0.348 e. The maximum absolute atomic E-state index is 12.1. The molecule has 0 aliphatic rings. The molecule has 1 amide bonds. The molecule has 1 aromatic heterocycles. The molecule has 5 heteroatoms. The van der Waals surface area contributed by atoms with Crippen LogP contribution in [0, 0.1) is 0 Å². The average Bonchev–Trinajstić information content (AvgIpc) is 2.39. The molecule has 0 aromatic carbocycles. The Hall–Kier alpha value is -0.800. The molecule has 19 heavy (non-hydrogen) atoms. The highest BCUT2D eigenvalue weighted by Gasteiger charge is 2.17. The molecule has 1 N–H and O–H groups in total. The van der Waals surface area contributed by atoms with Crippen molar-refractivity contribution >= 4 is 29.1 Å². The number of aromatic nitrogens is 1. The summed E-state index contributed by atoms with van der Waals surface area (Å²) in [7, 11) is 0. The predicted molar refractivity (Wildman–Crippen MR) is 79.9 cm³/mol. The molecule has 0 saturated carbocycles. The van der Waals surface area contributed by atoms with Crippen molar-refractivity contribution in [3.63, 3.8) is 0 Å². The average molecular weight is 303 g/mol. The second-order valence-electron chi connectivity index (χ2n) is 4.57. The molecule has 0 fully saturated rings. The molecule has 1 aromatic rings. The number of nitrogens with zero attached hydrogens (tertiary/aromatic N) is 1. The van der Waals surface area contributed by atoms with Crippen LogP contribution >= 0.6 is 23.2 Å². The van der Waals surface area contributed by atoms with E-state index >= 15 is 0 Å². The van der Waals surface area contributed by atoms with E-state index in [1.807, 2.05) is 0 Å². The zero-order valence-corrected chi connectivity index (χ0v) is 12.9. The first-order chi connectivity index (χ1) is 9.08. The van der Waals surface area contributed by atoms with Gasteiger partial charge in [0, 0.05) is 6.04 Å². The maximum atomic E-state index is 12.1. The monoisotopic (exact) mass is 302 g/mol. The van der Waals surface area contributed by atoms with Crippen molar-refractivity contribution in [1.82, 2.24) is 10.3 Å². The van der Waals surface area contributed by atoms with E-state index in [0.717, 1.165) is 32.1 Å². The highest BCUT2D eigenvalue weighted by molar-refractivity contribution is 6.34. The first-order valence-corrected chi connectivity index (χ1v) is 7.47. The van der Waals surface area contributed by atoms with Crippen LogP contribution in [0.2, 0.25) is 10.2 Å². The minimum atomic E-state index is -0.248. The first kappa shape index (κ1) is 16.3. The van der Waals surface area contributed by atoms with E-state index in [-0.39, 0.29) is 22.8 Å². The topological polar surface area (TPSA) is 42.0 Å². The van der Waals surface area contributed by atoms with Gasteiger partial charge in [-0.3, -0.25) is 4.79 Å². The molecular weight excluding hydrogens is 283 g/mol. The van der Waals surface area contributed by atoms with E-state index in [1.165, 1.54) is 0 Å². The quantitative estimate of drug-likeness (QED) is 0.755. The number of carbonyl (C=O) groups excluding carboxylic acids is 1. The number of nitrogens with one attached hydrogen (secondary N) is 1. The molecule has 1 unspecified atom stereocenters. The zero-order chi connectivity index (χ0) is 14.3. The van der Waals surface area contributed by atoms with Gasteiger partial charge in [-0.1, -0.05) is 56.3 Å². The Kier molecular flexibility index (Phi) is 7.17. The third-order valence-corrected chi connectivity index (χ3v) is 3.42. The molecule has 0 aliphatic carbocycles. The molecular formula is C14H20Cl2N2O. The van der Waals surface area contributed by atoms with Crippen LogP contribution in [-0.2, 0) is 0 Å². The number of hydrogen-bond acceptors (Lipinski definition) is 2. The van der Waals surface area contributed by atoms with Crippen molar-refractivity contribution in [2.75, 3.05) is 0 Å². The number of carbonyl (C=O) groups is 1. The minimum absolute atomic E-state index is 0.175. The van der Waals surface area contributed by atoms with Gasteiger partial charge in [0.1, 0.15) is 10.8 Å². The van der Waals surface area contributed by atoms with Crippen LogP contribution in [-0.4, -0.2) is 16.9 Å². The van der Waals surface area contributed by atoms with Crippen LogP contribution in [0.5, 0.6) is 0 Å². The highest BCUT2D eigenvalue weighted by Crippen LogP contribution is 2.17. The molecule has 0 bridgehead atoms. The summed E-state index contributed by atoms with van der Waals surface area (Å²) in [6.45, 7) is 4.25. The van der Waals surface area contributed by atoms with Gasteiger partial charge in [0.25, 0.3) is 5.91 Å². The summed E-state index contributed by atoms with van der Waals surface area (Å²) < 4.78 is 0. The van der Waals surface area contributed by atoms with Crippen molar-refractivity contribution < 1.29 is 4.79 Å². The summed E-state index contributed by atoms with van der Waals surface area (Å²) >= 11 is 11.8. The fourth-order valence-electron chi connectivity index (χ4n) is 1.92. The summed E-state index contributed by atoms with van der Waals surface area (Å²) in [6.07, 6.45) is 5.19. The number of amides is 1. The molecule has 1 atom stereocenters. The Morgan fingerprint density at radius 3 is 2.63 bits per heavy atom. The van der Waals surface area contributed by atoms with Gasteiger partial charge in [0.15, 0.2) is 0 Å². The molecule has 0 saturated heterocycles. The number of hydrogen-bond donors (Lipinski definition) is 1. The van der Waals surface area contributed by atoms with E-state index in [1.54, 1.807) is 12.1 Å². The maximum Gasteiger partial charge on any atom is 0.271 e. The van der Waals surface area contributed by atoms with E-state index in [9.17, 15) is 4.79 Å². The zero-order valence-electron chi connectivity index (χ0n) is 11.4. The standard InChI is InChI=1S/C14H20Cl2N2O/c1-3-5-7-10(6-4-2)17-14(19)13-11(15)8-9-12(16)18-13/h8-10H,3-7H2,1-2H3,(H,17,19). The number of halogens is 2. The molecule has 3 nitrogen and oxygen atoms in total. The molecule has 1 rings (SSSR count). The Morgan fingerprint density at radius 1 is 1.26 bits per heavy atom. The van der Waals surface area contributed by atoms with Crippen LogP contribution in [0.15, 0.2) is 12.1 Å². The SMILES string of the molecule is CCCCC(CCC)NC(=O)c1nc(Cl)ccc1Cl. The smallest absolute Gasteiger partial charge is 0.271 e. The Morgan fingerprint density at radius 2 is 2.00 bits per heavy atom. The molecule has 0 spiro atoms. The summed E-state index contributed by atoms with van der Waals surface area (Å²) in [5.74, 6) is -0.248. The molecule has 1 heterocycles. The third kappa shape index (κ3) is 5.37. The summed E-state index contributed by atoms with van der Waals surface area (Å²) in [5, 5.41) is 3.59. The van der Waals surface area contributed by atoms with Crippen LogP contribution < -0.4 is 5.32 Å². The summed E-state index contributed by atoms with van der Waals surface area (Å²) in [4.78, 5) is 16.1. The van der Waals surface area contributed by atoms with Gasteiger partial charge in [-0.2, -0.15) is 0 Å². The molecule has 106 valence electrons. The van der Waals surface area contributed by atoms with E-state index < -0.39 is 0 Å². The van der Waals surface area contributed by atoms with Gasteiger partial charge in [-0.25, -0.2) is 4.98 Å². The lowest BCUT2D eigenvalue weighted by Gasteiger charge is -2.17. The van der Waals surface area contributed by atoms with Crippen molar-refractivity contribution in [3.8, 4) is 0 Å². The van der Waals surface area contributed by atoms with Gasteiger partial charge in [-0.05, 0) is 25.0 Å². The lowest BCUT2D eigenvalue weighted by molar-refractivity contribution is 0.0927. The lowest BCUT2D eigenvalue weighted by atomic mass is 10.0. The van der Waals surface area contributed by atoms with Gasteiger partial charge < -0.3 is 5.32 Å². The van der Waals surface area contributed by atoms with Crippen LogP contribution in [0.3, 0.4) is 0 Å². The normalized spacial score (nSPS) is 12.2. The molecule has 0 radical (unpaired) electrons. The Bertz CT molecular complexity index is 424. The Labute approximate surface area is 124 Å². The van der Waals surface area contributed by atoms with E-state index in [2.05, 4.69) is 24.1 Å². The third-order valence-electron chi connectivity index (χ3n) is 2.91. The van der Waals surface area contributed by atoms with E-state index in [0.29, 0.717) is 5.02 Å². The van der Waals surface area contributed by atoms with Gasteiger partial charge in [-0.15, -0.1) is 0 Å². The number of pyridine rings is 1. The lowest BCUT2D eigenvalue weighted by Crippen LogP contribution is -2.35. The van der Waals surface area contributed by atoms with E-state index in [4.69, 9.17) is 23.2 Å². The number of unbranched alkanes of at least 4 members (excludes halogenated alkanes) is 1. The van der Waals surface area contributed by atoms with Crippen molar-refractivity contribution in [2.45, 2.75) is 52.0 Å². The second-order valence-corrected chi connectivity index (χ2v) is 5.36. The largest absolute Gasteiger partial charge is 0.348 e. The summed E-state index contributed by atoms with van der Waals surface area (Å²) in [6, 6.07) is 3.34. The fraction of sp³-hybridized carbons (Fsp3) is 0.571. The van der Waals surface area contributed by atoms with Crippen molar-refractivity contribution in [2.24, 2.45) is 0 Å². The predicted octanol–water partition coefficient (Wildman–Crippen LogP) is 4.48. The first-order valence-electron chi connectivity index (χ1n) is 6.71. The second kappa shape index (κ2) is 8.39. The van der Waals surface area contributed by atoms with Crippen LogP contribution in [0.4, 0.5) is 0 Å². The van der Waals surface area contributed by atoms with Gasteiger partial charge in [0.2, 0.25) is 0 Å². The van der Waals surface area contributed by atoms with Gasteiger partial charge in [0.05, 0.1) is 5.02 Å². The number of rotatable bonds is 7. The van der Waals surface area contributed by atoms with Crippen LogP contribution in [0.25, 0.3) is 0 Å². The molecule has 0 aliphatic heterocycles.